The Kier molecular flexibility index (Phi) is 4.51. The fourth-order valence-corrected chi connectivity index (χ4v) is 3.06. The van der Waals surface area contributed by atoms with Crippen LogP contribution in [-0.2, 0) is 10.7 Å². The Labute approximate surface area is 120 Å². The number of nitrogens with one attached hydrogen (secondary N) is 1. The van der Waals surface area contributed by atoms with Gasteiger partial charge in [0, 0.05) is 17.5 Å². The van der Waals surface area contributed by atoms with E-state index in [-0.39, 0.29) is 17.2 Å². The molecule has 0 bridgehead atoms. The number of carbonyl (C=O) groups is 1. The van der Waals surface area contributed by atoms with Gasteiger partial charge in [-0.1, -0.05) is 38.8 Å². The average molecular weight is 280 g/mol. The fourth-order valence-electron chi connectivity index (χ4n) is 2.89. The van der Waals surface area contributed by atoms with Crippen LogP contribution in [0.5, 0.6) is 0 Å². The van der Waals surface area contributed by atoms with Crippen LogP contribution in [0.1, 0.15) is 45.1 Å². The van der Waals surface area contributed by atoms with Gasteiger partial charge in [0.2, 0.25) is 5.91 Å². The van der Waals surface area contributed by atoms with Gasteiger partial charge in [0.05, 0.1) is 0 Å². The maximum absolute atomic E-state index is 12.4. The molecule has 0 aliphatic heterocycles. The predicted octanol–water partition coefficient (Wildman–Crippen LogP) is 4.58. The minimum atomic E-state index is 0.110. The monoisotopic (exact) mass is 279 g/mol. The molecule has 0 spiro atoms. The van der Waals surface area contributed by atoms with Gasteiger partial charge in [-0.15, -0.1) is 11.6 Å². The molecule has 3 heteroatoms. The number of alkyl halides is 1. The van der Waals surface area contributed by atoms with E-state index in [1.54, 1.807) is 0 Å². The number of halogens is 1. The molecule has 0 heterocycles. The van der Waals surface area contributed by atoms with Gasteiger partial charge in [-0.2, -0.15) is 0 Å². The highest BCUT2D eigenvalue weighted by atomic mass is 35.5. The molecule has 1 aliphatic rings. The molecule has 1 N–H and O–H groups in total. The summed E-state index contributed by atoms with van der Waals surface area (Å²) in [5.41, 5.74) is 2.04. The number of rotatable bonds is 3. The highest BCUT2D eigenvalue weighted by Crippen LogP contribution is 2.41. The predicted molar refractivity (Wildman–Crippen MR) is 80.4 cm³/mol. The molecule has 19 heavy (non-hydrogen) atoms. The summed E-state index contributed by atoms with van der Waals surface area (Å²) in [6.45, 7) is 4.40. The number of amides is 1. The van der Waals surface area contributed by atoms with E-state index in [2.05, 4.69) is 19.2 Å². The molecule has 1 atom stereocenters. The number of anilines is 1. The second kappa shape index (κ2) is 5.96. The number of hydrogen-bond donors (Lipinski definition) is 1. The molecule has 1 amide bonds. The van der Waals surface area contributed by atoms with Crippen molar-refractivity contribution in [2.45, 2.75) is 45.4 Å². The molecule has 1 aliphatic carbocycles. The van der Waals surface area contributed by atoms with Crippen molar-refractivity contribution in [2.24, 2.45) is 11.3 Å². The van der Waals surface area contributed by atoms with Crippen LogP contribution in [0.4, 0.5) is 5.69 Å². The summed E-state index contributed by atoms with van der Waals surface area (Å²) in [6, 6.07) is 7.75. The van der Waals surface area contributed by atoms with Crippen LogP contribution in [-0.4, -0.2) is 5.91 Å². The molecule has 1 unspecified atom stereocenters. The second-order valence-corrected chi connectivity index (χ2v) is 6.37. The Morgan fingerprint density at radius 2 is 2.00 bits per heavy atom. The van der Waals surface area contributed by atoms with Gasteiger partial charge < -0.3 is 5.32 Å². The van der Waals surface area contributed by atoms with Crippen LogP contribution in [0.3, 0.4) is 0 Å². The van der Waals surface area contributed by atoms with Gasteiger partial charge in [0.25, 0.3) is 0 Å². The fraction of sp³-hybridized carbons (Fsp3) is 0.562. The molecular weight excluding hydrogens is 258 g/mol. The molecule has 0 aromatic heterocycles. The summed E-state index contributed by atoms with van der Waals surface area (Å²) in [4.78, 5) is 12.4. The van der Waals surface area contributed by atoms with E-state index in [1.807, 2.05) is 24.3 Å². The highest BCUT2D eigenvalue weighted by molar-refractivity contribution is 6.17. The van der Waals surface area contributed by atoms with E-state index in [0.29, 0.717) is 5.88 Å². The smallest absolute Gasteiger partial charge is 0.228 e. The third-order valence-corrected chi connectivity index (χ3v) is 4.51. The van der Waals surface area contributed by atoms with Gasteiger partial charge in [-0.25, -0.2) is 0 Å². The van der Waals surface area contributed by atoms with Crippen molar-refractivity contribution >= 4 is 23.2 Å². The zero-order valence-electron chi connectivity index (χ0n) is 11.7. The molecule has 2 nitrogen and oxygen atoms in total. The third kappa shape index (κ3) is 3.50. The van der Waals surface area contributed by atoms with E-state index in [9.17, 15) is 4.79 Å². The maximum atomic E-state index is 12.4. The van der Waals surface area contributed by atoms with Crippen LogP contribution in [0.15, 0.2) is 24.3 Å². The minimum Gasteiger partial charge on any atom is -0.326 e. The highest BCUT2D eigenvalue weighted by Gasteiger charge is 2.36. The summed E-state index contributed by atoms with van der Waals surface area (Å²) in [5, 5.41) is 3.04. The summed E-state index contributed by atoms with van der Waals surface area (Å²) in [7, 11) is 0. The van der Waals surface area contributed by atoms with Crippen molar-refractivity contribution in [2.75, 3.05) is 5.32 Å². The van der Waals surface area contributed by atoms with Crippen LogP contribution in [0.2, 0.25) is 0 Å². The summed E-state index contributed by atoms with van der Waals surface area (Å²) >= 11 is 5.76. The van der Waals surface area contributed by atoms with Crippen LogP contribution in [0.25, 0.3) is 0 Å². The lowest BCUT2D eigenvalue weighted by Gasteiger charge is -2.37. The Morgan fingerprint density at radius 3 is 2.58 bits per heavy atom. The van der Waals surface area contributed by atoms with Crippen molar-refractivity contribution in [3.05, 3.63) is 29.8 Å². The first-order chi connectivity index (χ1) is 9.03. The van der Waals surface area contributed by atoms with Crippen LogP contribution >= 0.6 is 11.6 Å². The number of carbonyl (C=O) groups excluding carboxylic acids is 1. The van der Waals surface area contributed by atoms with Gasteiger partial charge in [-0.05, 0) is 36.0 Å². The Bertz CT molecular complexity index is 439. The maximum Gasteiger partial charge on any atom is 0.228 e. The van der Waals surface area contributed by atoms with Crippen molar-refractivity contribution in [1.82, 2.24) is 0 Å². The Balaban J connectivity index is 2.03. The molecule has 1 aromatic rings. The first kappa shape index (κ1) is 14.4. The molecule has 1 saturated carbocycles. The molecule has 2 rings (SSSR count). The molecule has 1 aromatic carbocycles. The van der Waals surface area contributed by atoms with Crippen molar-refractivity contribution in [3.8, 4) is 0 Å². The molecule has 0 saturated heterocycles. The van der Waals surface area contributed by atoms with Gasteiger partial charge >= 0.3 is 0 Å². The van der Waals surface area contributed by atoms with Crippen LogP contribution in [0, 0.1) is 11.3 Å². The van der Waals surface area contributed by atoms with E-state index in [0.717, 1.165) is 30.5 Å². The van der Waals surface area contributed by atoms with Crippen molar-refractivity contribution in [1.29, 1.82) is 0 Å². The lowest BCUT2D eigenvalue weighted by Crippen LogP contribution is -2.37. The van der Waals surface area contributed by atoms with Gasteiger partial charge in [0.1, 0.15) is 0 Å². The van der Waals surface area contributed by atoms with Gasteiger partial charge in [0.15, 0.2) is 0 Å². The second-order valence-electron chi connectivity index (χ2n) is 6.11. The first-order valence-electron chi connectivity index (χ1n) is 6.99. The first-order valence-corrected chi connectivity index (χ1v) is 7.52. The normalized spacial score (nSPS) is 21.9. The van der Waals surface area contributed by atoms with E-state index in [4.69, 9.17) is 11.6 Å². The number of benzene rings is 1. The molecule has 1 fully saturated rings. The summed E-state index contributed by atoms with van der Waals surface area (Å²) in [6.07, 6.45) is 4.53. The zero-order valence-corrected chi connectivity index (χ0v) is 12.5. The van der Waals surface area contributed by atoms with Gasteiger partial charge in [-0.3, -0.25) is 4.79 Å². The SMILES string of the molecule is CC1(C)CCCCC1C(=O)Nc1ccc(CCl)cc1. The lowest BCUT2D eigenvalue weighted by molar-refractivity contribution is -0.124. The quantitative estimate of drug-likeness (QED) is 0.806. The van der Waals surface area contributed by atoms with Crippen LogP contribution < -0.4 is 5.32 Å². The Morgan fingerprint density at radius 1 is 1.32 bits per heavy atom. The third-order valence-electron chi connectivity index (χ3n) is 4.20. The molecule has 104 valence electrons. The number of hydrogen-bond acceptors (Lipinski definition) is 1. The van der Waals surface area contributed by atoms with E-state index < -0.39 is 0 Å². The minimum absolute atomic E-state index is 0.110. The van der Waals surface area contributed by atoms with E-state index >= 15 is 0 Å². The topological polar surface area (TPSA) is 29.1 Å². The average Bonchev–Trinajstić information content (AvgIpc) is 2.39. The molecule has 0 radical (unpaired) electrons. The van der Waals surface area contributed by atoms with E-state index in [1.165, 1.54) is 6.42 Å². The summed E-state index contributed by atoms with van der Waals surface area (Å²) in [5.74, 6) is 0.779. The largest absolute Gasteiger partial charge is 0.326 e. The summed E-state index contributed by atoms with van der Waals surface area (Å²) < 4.78 is 0. The van der Waals surface area contributed by atoms with Crippen molar-refractivity contribution in [3.63, 3.8) is 0 Å². The zero-order chi connectivity index (χ0) is 13.9. The van der Waals surface area contributed by atoms with Crippen molar-refractivity contribution < 1.29 is 4.79 Å². The molecular formula is C16H22ClNO. The standard InChI is InChI=1S/C16H22ClNO/c1-16(2)10-4-3-5-14(16)15(19)18-13-8-6-12(11-17)7-9-13/h6-9,14H,3-5,10-11H2,1-2H3,(H,18,19). The Hall–Kier alpha value is -1.02. The lowest BCUT2D eigenvalue weighted by atomic mass is 9.68.